The Morgan fingerprint density at radius 3 is 2.50 bits per heavy atom. The molecule has 0 fully saturated rings. The van der Waals surface area contributed by atoms with Crippen LogP contribution in [0.5, 0.6) is 11.5 Å². The zero-order valence-corrected chi connectivity index (χ0v) is 11.4. The highest BCUT2D eigenvalue weighted by molar-refractivity contribution is 5.39. The lowest BCUT2D eigenvalue weighted by Gasteiger charge is -2.12. The fourth-order valence-corrected chi connectivity index (χ4v) is 1.72. The van der Waals surface area contributed by atoms with Gasteiger partial charge in [-0.15, -0.1) is 13.2 Å². The molecule has 1 aromatic heterocycles. The maximum absolute atomic E-state index is 14.0. The molecule has 5 nitrogen and oxygen atoms in total. The van der Waals surface area contributed by atoms with E-state index in [1.165, 1.54) is 14.0 Å². The summed E-state index contributed by atoms with van der Waals surface area (Å²) in [7, 11) is 1.26. The average Bonchev–Trinajstić information content (AvgIpc) is 2.40. The van der Waals surface area contributed by atoms with Gasteiger partial charge < -0.3 is 9.47 Å². The average molecular weight is 318 g/mol. The molecular formula is C13H10F4N2O3. The topological polar surface area (TPSA) is 53.4 Å². The minimum atomic E-state index is -4.91. The minimum absolute atomic E-state index is 0.0503. The van der Waals surface area contributed by atoms with Crippen LogP contribution in [-0.4, -0.2) is 23.3 Å². The van der Waals surface area contributed by atoms with Crippen molar-refractivity contribution < 1.29 is 27.0 Å². The van der Waals surface area contributed by atoms with Crippen LogP contribution in [0, 0.1) is 12.7 Å². The van der Waals surface area contributed by atoms with E-state index in [2.05, 4.69) is 9.84 Å². The van der Waals surface area contributed by atoms with Crippen molar-refractivity contribution in [1.82, 2.24) is 9.78 Å². The van der Waals surface area contributed by atoms with E-state index in [1.807, 2.05) is 0 Å². The third kappa shape index (κ3) is 3.35. The SMILES string of the molecule is COc1cn(-c2ccc(OC(F)(F)F)cc2F)nc(C)c1=O. The molecule has 0 bridgehead atoms. The summed E-state index contributed by atoms with van der Waals surface area (Å²) in [6.07, 6.45) is -3.78. The molecule has 118 valence electrons. The Labute approximate surface area is 121 Å². The standard InChI is InChI=1S/C13H10F4N2O3/c1-7-12(20)11(21-2)6-19(18-7)10-4-3-8(5-9(10)14)22-13(15,16)17/h3-6H,1-2H3. The number of halogens is 4. The number of benzene rings is 1. The number of alkyl halides is 3. The van der Waals surface area contributed by atoms with Crippen molar-refractivity contribution in [1.29, 1.82) is 0 Å². The number of methoxy groups -OCH3 is 1. The monoisotopic (exact) mass is 318 g/mol. The Balaban J connectivity index is 2.46. The van der Waals surface area contributed by atoms with Gasteiger partial charge in [0.05, 0.1) is 13.3 Å². The van der Waals surface area contributed by atoms with E-state index in [0.29, 0.717) is 6.07 Å². The Hall–Kier alpha value is -2.58. The highest BCUT2D eigenvalue weighted by Crippen LogP contribution is 2.25. The molecule has 0 aliphatic heterocycles. The van der Waals surface area contributed by atoms with E-state index in [0.717, 1.165) is 23.0 Å². The van der Waals surface area contributed by atoms with Gasteiger partial charge in [0.2, 0.25) is 5.43 Å². The van der Waals surface area contributed by atoms with Gasteiger partial charge in [0.15, 0.2) is 11.6 Å². The first-order valence-corrected chi connectivity index (χ1v) is 5.91. The molecule has 0 saturated carbocycles. The lowest BCUT2D eigenvalue weighted by Crippen LogP contribution is -2.18. The second-order valence-corrected chi connectivity index (χ2v) is 4.22. The van der Waals surface area contributed by atoms with Gasteiger partial charge in [0.1, 0.15) is 17.1 Å². The number of ether oxygens (including phenoxy) is 2. The van der Waals surface area contributed by atoms with Gasteiger partial charge in [-0.05, 0) is 19.1 Å². The van der Waals surface area contributed by atoms with E-state index in [9.17, 15) is 22.4 Å². The van der Waals surface area contributed by atoms with Crippen LogP contribution in [0.3, 0.4) is 0 Å². The van der Waals surface area contributed by atoms with Crippen LogP contribution in [-0.2, 0) is 0 Å². The maximum atomic E-state index is 14.0. The molecule has 1 aromatic carbocycles. The fourth-order valence-electron chi connectivity index (χ4n) is 1.72. The van der Waals surface area contributed by atoms with Crippen molar-refractivity contribution in [3.8, 4) is 17.2 Å². The van der Waals surface area contributed by atoms with Gasteiger partial charge in [0.25, 0.3) is 0 Å². The summed E-state index contributed by atoms with van der Waals surface area (Å²) in [5, 5.41) is 3.84. The van der Waals surface area contributed by atoms with E-state index in [1.54, 1.807) is 0 Å². The zero-order chi connectivity index (χ0) is 16.5. The third-order valence-electron chi connectivity index (χ3n) is 2.67. The summed E-state index contributed by atoms with van der Waals surface area (Å²) in [6.45, 7) is 1.40. The predicted molar refractivity (Wildman–Crippen MR) is 67.8 cm³/mol. The molecule has 0 aliphatic rings. The van der Waals surface area contributed by atoms with Gasteiger partial charge in [-0.25, -0.2) is 9.07 Å². The molecule has 0 unspecified atom stereocenters. The number of hydrogen-bond donors (Lipinski definition) is 0. The molecule has 0 N–H and O–H groups in total. The first-order valence-electron chi connectivity index (χ1n) is 5.91. The second-order valence-electron chi connectivity index (χ2n) is 4.22. The van der Waals surface area contributed by atoms with E-state index < -0.39 is 23.4 Å². The minimum Gasteiger partial charge on any atom is -0.491 e. The molecule has 2 rings (SSSR count). The number of nitrogens with zero attached hydrogens (tertiary/aromatic N) is 2. The van der Waals surface area contributed by atoms with Crippen LogP contribution >= 0.6 is 0 Å². The summed E-state index contributed by atoms with van der Waals surface area (Å²) in [5.74, 6) is -1.76. The molecular weight excluding hydrogens is 308 g/mol. The zero-order valence-electron chi connectivity index (χ0n) is 11.4. The summed E-state index contributed by atoms with van der Waals surface area (Å²) in [4.78, 5) is 11.6. The van der Waals surface area contributed by atoms with Gasteiger partial charge in [-0.1, -0.05) is 0 Å². The van der Waals surface area contributed by atoms with Crippen LogP contribution in [0.15, 0.2) is 29.2 Å². The molecule has 1 heterocycles. The predicted octanol–water partition coefficient (Wildman–Crippen LogP) is 2.59. The van der Waals surface area contributed by atoms with Gasteiger partial charge in [-0.2, -0.15) is 5.10 Å². The molecule has 2 aromatic rings. The van der Waals surface area contributed by atoms with E-state index in [-0.39, 0.29) is 17.1 Å². The summed E-state index contributed by atoms with van der Waals surface area (Å²) in [5.41, 5.74) is -0.568. The van der Waals surface area contributed by atoms with Gasteiger partial charge in [-0.3, -0.25) is 4.79 Å². The molecule has 0 amide bonds. The normalized spacial score (nSPS) is 11.4. The molecule has 0 saturated heterocycles. The lowest BCUT2D eigenvalue weighted by molar-refractivity contribution is -0.274. The van der Waals surface area contributed by atoms with E-state index in [4.69, 9.17) is 4.74 Å². The largest absolute Gasteiger partial charge is 0.573 e. The third-order valence-corrected chi connectivity index (χ3v) is 2.67. The van der Waals surface area contributed by atoms with Crippen LogP contribution in [0.2, 0.25) is 0 Å². The number of aromatic nitrogens is 2. The van der Waals surface area contributed by atoms with Crippen LogP contribution in [0.1, 0.15) is 5.69 Å². The Morgan fingerprint density at radius 2 is 1.95 bits per heavy atom. The lowest BCUT2D eigenvalue weighted by atomic mass is 10.3. The van der Waals surface area contributed by atoms with Gasteiger partial charge in [0, 0.05) is 6.07 Å². The Kier molecular flexibility index (Phi) is 4.07. The van der Waals surface area contributed by atoms with Crippen LogP contribution in [0.25, 0.3) is 5.69 Å². The Morgan fingerprint density at radius 1 is 1.27 bits per heavy atom. The molecule has 9 heteroatoms. The van der Waals surface area contributed by atoms with Crippen molar-refractivity contribution in [3.63, 3.8) is 0 Å². The van der Waals surface area contributed by atoms with Crippen LogP contribution < -0.4 is 14.9 Å². The van der Waals surface area contributed by atoms with Crippen molar-refractivity contribution in [2.45, 2.75) is 13.3 Å². The second kappa shape index (κ2) is 5.66. The summed E-state index contributed by atoms with van der Waals surface area (Å²) < 4.78 is 59.7. The maximum Gasteiger partial charge on any atom is 0.573 e. The highest BCUT2D eigenvalue weighted by atomic mass is 19.4. The molecule has 0 atom stereocenters. The molecule has 0 spiro atoms. The van der Waals surface area contributed by atoms with Gasteiger partial charge >= 0.3 is 6.36 Å². The number of aryl methyl sites for hydroxylation is 1. The Bertz CT molecular complexity index is 756. The summed E-state index contributed by atoms with van der Waals surface area (Å²) >= 11 is 0. The molecule has 22 heavy (non-hydrogen) atoms. The first-order chi connectivity index (χ1) is 10.2. The summed E-state index contributed by atoms with van der Waals surface area (Å²) in [6, 6.07) is 2.56. The molecule has 0 aliphatic carbocycles. The van der Waals surface area contributed by atoms with Crippen molar-refractivity contribution in [2.75, 3.05) is 7.11 Å². The van der Waals surface area contributed by atoms with Crippen molar-refractivity contribution in [2.24, 2.45) is 0 Å². The smallest absolute Gasteiger partial charge is 0.491 e. The van der Waals surface area contributed by atoms with E-state index >= 15 is 0 Å². The molecule has 0 radical (unpaired) electrons. The number of hydrogen-bond acceptors (Lipinski definition) is 4. The number of rotatable bonds is 3. The quantitative estimate of drug-likeness (QED) is 0.816. The van der Waals surface area contributed by atoms with Crippen LogP contribution in [0.4, 0.5) is 17.6 Å². The van der Waals surface area contributed by atoms with Crippen molar-refractivity contribution in [3.05, 3.63) is 46.1 Å². The van der Waals surface area contributed by atoms with Crippen molar-refractivity contribution >= 4 is 0 Å². The highest BCUT2D eigenvalue weighted by Gasteiger charge is 2.31. The fraction of sp³-hybridized carbons (Fsp3) is 0.231. The first kappa shape index (κ1) is 15.8.